The highest BCUT2D eigenvalue weighted by Gasteiger charge is 2.21. The van der Waals surface area contributed by atoms with Crippen molar-refractivity contribution < 1.29 is 23.9 Å². The quantitative estimate of drug-likeness (QED) is 0.705. The van der Waals surface area contributed by atoms with Gasteiger partial charge < -0.3 is 14.4 Å². The maximum Gasteiger partial charge on any atom is 0.325 e. The van der Waals surface area contributed by atoms with Crippen LogP contribution in [0, 0.1) is 0 Å². The van der Waals surface area contributed by atoms with Crippen molar-refractivity contribution >= 4 is 17.8 Å². The number of hydrogen-bond donors (Lipinski definition) is 0. The van der Waals surface area contributed by atoms with Gasteiger partial charge in [0.05, 0.1) is 14.2 Å². The number of nitrogens with zero attached hydrogens (tertiary/aromatic N) is 1. The van der Waals surface area contributed by atoms with Crippen molar-refractivity contribution in [3.8, 4) is 0 Å². The Labute approximate surface area is 149 Å². The monoisotopic (exact) mass is 349 g/mol. The van der Waals surface area contributed by atoms with E-state index in [-0.39, 0.29) is 30.8 Å². The molecule has 0 aromatic heterocycles. The molecule has 1 aromatic rings. The molecule has 0 spiro atoms. The summed E-state index contributed by atoms with van der Waals surface area (Å²) in [5.74, 6) is -1.45. The molecule has 25 heavy (non-hydrogen) atoms. The molecule has 1 amide bonds. The summed E-state index contributed by atoms with van der Waals surface area (Å²) in [4.78, 5) is 36.4. The van der Waals surface area contributed by atoms with Gasteiger partial charge in [0.15, 0.2) is 0 Å². The molecule has 0 saturated heterocycles. The van der Waals surface area contributed by atoms with Crippen LogP contribution >= 0.6 is 0 Å². The largest absolute Gasteiger partial charge is 0.468 e. The topological polar surface area (TPSA) is 72.9 Å². The lowest BCUT2D eigenvalue weighted by molar-refractivity contribution is -0.152. The van der Waals surface area contributed by atoms with Crippen LogP contribution in [0.1, 0.15) is 38.3 Å². The van der Waals surface area contributed by atoms with Crippen LogP contribution in [0.25, 0.3) is 0 Å². The Kier molecular flexibility index (Phi) is 7.61. The number of aryl methyl sites for hydroxylation is 1. The van der Waals surface area contributed by atoms with Crippen LogP contribution in [0.3, 0.4) is 0 Å². The van der Waals surface area contributed by atoms with E-state index >= 15 is 0 Å². The molecule has 0 aliphatic rings. The SMILES string of the molecule is COC(=O)CN(CC(=O)OC)C(=O)CCc1ccc(C(C)(C)C)cc1. The zero-order valence-electron chi connectivity index (χ0n) is 15.6. The molecule has 6 nitrogen and oxygen atoms in total. The van der Waals surface area contributed by atoms with Crippen molar-refractivity contribution in [3.63, 3.8) is 0 Å². The Morgan fingerprint density at radius 1 is 0.920 bits per heavy atom. The van der Waals surface area contributed by atoms with Gasteiger partial charge in [0, 0.05) is 6.42 Å². The van der Waals surface area contributed by atoms with Crippen molar-refractivity contribution in [2.45, 2.75) is 39.0 Å². The first kappa shape index (κ1) is 20.7. The summed E-state index contributed by atoms with van der Waals surface area (Å²) in [6.45, 7) is 5.88. The fraction of sp³-hybridized carbons (Fsp3) is 0.526. The number of benzene rings is 1. The predicted molar refractivity (Wildman–Crippen MR) is 94.1 cm³/mol. The maximum atomic E-state index is 12.4. The van der Waals surface area contributed by atoms with Crippen LogP contribution in [0.2, 0.25) is 0 Å². The van der Waals surface area contributed by atoms with Crippen LogP contribution in [0.4, 0.5) is 0 Å². The average molecular weight is 349 g/mol. The molecule has 0 radical (unpaired) electrons. The molecule has 0 aliphatic carbocycles. The van der Waals surface area contributed by atoms with Gasteiger partial charge in [0.1, 0.15) is 13.1 Å². The number of ether oxygens (including phenoxy) is 2. The van der Waals surface area contributed by atoms with E-state index in [0.717, 1.165) is 10.5 Å². The second-order valence-electron chi connectivity index (χ2n) is 6.85. The van der Waals surface area contributed by atoms with Crippen LogP contribution in [-0.4, -0.2) is 50.1 Å². The van der Waals surface area contributed by atoms with Gasteiger partial charge in [0.2, 0.25) is 5.91 Å². The molecule has 1 rings (SSSR count). The lowest BCUT2D eigenvalue weighted by atomic mass is 9.86. The summed E-state index contributed by atoms with van der Waals surface area (Å²) in [5.41, 5.74) is 2.32. The molecule has 6 heteroatoms. The minimum atomic E-state index is -0.577. The highest BCUT2D eigenvalue weighted by Crippen LogP contribution is 2.22. The highest BCUT2D eigenvalue weighted by molar-refractivity contribution is 5.86. The minimum Gasteiger partial charge on any atom is -0.468 e. The number of carbonyl (C=O) groups excluding carboxylic acids is 3. The van der Waals surface area contributed by atoms with Crippen molar-refractivity contribution in [2.24, 2.45) is 0 Å². The van der Waals surface area contributed by atoms with Crippen LogP contribution in [-0.2, 0) is 35.7 Å². The van der Waals surface area contributed by atoms with Gasteiger partial charge in [-0.3, -0.25) is 14.4 Å². The number of esters is 2. The van der Waals surface area contributed by atoms with Gasteiger partial charge in [0.25, 0.3) is 0 Å². The number of methoxy groups -OCH3 is 2. The molecular formula is C19H27NO5. The smallest absolute Gasteiger partial charge is 0.325 e. The Hall–Kier alpha value is -2.37. The lowest BCUT2D eigenvalue weighted by Gasteiger charge is -2.21. The third-order valence-corrected chi connectivity index (χ3v) is 3.90. The van der Waals surface area contributed by atoms with Crippen molar-refractivity contribution in [1.82, 2.24) is 4.90 Å². The molecular weight excluding hydrogens is 322 g/mol. The van der Waals surface area contributed by atoms with Crippen molar-refractivity contribution in [3.05, 3.63) is 35.4 Å². The summed E-state index contributed by atoms with van der Waals surface area (Å²) in [5, 5.41) is 0. The first-order valence-electron chi connectivity index (χ1n) is 8.18. The first-order chi connectivity index (χ1) is 11.7. The molecule has 0 aliphatic heterocycles. The second-order valence-corrected chi connectivity index (χ2v) is 6.85. The van der Waals surface area contributed by atoms with E-state index in [1.807, 2.05) is 12.1 Å². The Morgan fingerprint density at radius 2 is 1.40 bits per heavy atom. The normalized spacial score (nSPS) is 10.9. The molecule has 0 N–H and O–H groups in total. The molecule has 138 valence electrons. The second kappa shape index (κ2) is 9.20. The number of carbonyl (C=O) groups is 3. The minimum absolute atomic E-state index is 0.0756. The first-order valence-corrected chi connectivity index (χ1v) is 8.18. The van der Waals surface area contributed by atoms with Crippen molar-refractivity contribution in [1.29, 1.82) is 0 Å². The zero-order chi connectivity index (χ0) is 19.0. The van der Waals surface area contributed by atoms with Gasteiger partial charge in [-0.25, -0.2) is 0 Å². The highest BCUT2D eigenvalue weighted by atomic mass is 16.5. The van der Waals surface area contributed by atoms with E-state index in [9.17, 15) is 14.4 Å². The number of hydrogen-bond acceptors (Lipinski definition) is 5. The number of amides is 1. The molecule has 0 unspecified atom stereocenters. The van der Waals surface area contributed by atoms with E-state index in [4.69, 9.17) is 0 Å². The summed E-state index contributed by atoms with van der Waals surface area (Å²) >= 11 is 0. The summed E-state index contributed by atoms with van der Waals surface area (Å²) < 4.78 is 9.14. The summed E-state index contributed by atoms with van der Waals surface area (Å²) in [6, 6.07) is 8.11. The fourth-order valence-electron chi connectivity index (χ4n) is 2.25. The van der Waals surface area contributed by atoms with Crippen LogP contribution < -0.4 is 0 Å². The van der Waals surface area contributed by atoms with E-state index in [2.05, 4.69) is 42.4 Å². The molecule has 0 bridgehead atoms. The molecule has 1 aromatic carbocycles. The summed E-state index contributed by atoms with van der Waals surface area (Å²) in [7, 11) is 2.47. The van der Waals surface area contributed by atoms with Gasteiger partial charge in [-0.2, -0.15) is 0 Å². The molecule has 0 atom stereocenters. The zero-order valence-corrected chi connectivity index (χ0v) is 15.6. The lowest BCUT2D eigenvalue weighted by Crippen LogP contribution is -2.40. The molecule has 0 saturated carbocycles. The molecule has 0 fully saturated rings. The van der Waals surface area contributed by atoms with E-state index in [0.29, 0.717) is 6.42 Å². The van der Waals surface area contributed by atoms with E-state index in [1.54, 1.807) is 0 Å². The van der Waals surface area contributed by atoms with Crippen molar-refractivity contribution in [2.75, 3.05) is 27.3 Å². The van der Waals surface area contributed by atoms with Gasteiger partial charge in [-0.1, -0.05) is 45.0 Å². The Balaban J connectivity index is 2.69. The average Bonchev–Trinajstić information content (AvgIpc) is 2.58. The maximum absolute atomic E-state index is 12.4. The number of rotatable bonds is 7. The van der Waals surface area contributed by atoms with E-state index < -0.39 is 11.9 Å². The molecule has 0 heterocycles. The third kappa shape index (κ3) is 6.95. The predicted octanol–water partition coefficient (Wildman–Crippen LogP) is 2.09. The Bertz CT molecular complexity index is 583. The summed E-state index contributed by atoms with van der Waals surface area (Å²) in [6.07, 6.45) is 0.727. The van der Waals surface area contributed by atoms with Gasteiger partial charge in [-0.05, 0) is 23.0 Å². The van der Waals surface area contributed by atoms with Gasteiger partial charge in [-0.15, -0.1) is 0 Å². The third-order valence-electron chi connectivity index (χ3n) is 3.90. The standard InChI is InChI=1S/C19H27NO5/c1-19(2,3)15-9-6-14(7-10-15)8-11-16(21)20(12-17(22)24-4)13-18(23)25-5/h6-7,9-10H,8,11-13H2,1-5H3. The van der Waals surface area contributed by atoms with Crippen LogP contribution in [0.5, 0.6) is 0 Å². The Morgan fingerprint density at radius 3 is 1.80 bits per heavy atom. The van der Waals surface area contributed by atoms with Gasteiger partial charge >= 0.3 is 11.9 Å². The van der Waals surface area contributed by atoms with E-state index in [1.165, 1.54) is 19.8 Å². The fourth-order valence-corrected chi connectivity index (χ4v) is 2.25. The van der Waals surface area contributed by atoms with Crippen LogP contribution in [0.15, 0.2) is 24.3 Å².